The summed E-state index contributed by atoms with van der Waals surface area (Å²) in [7, 11) is 1.57. The highest BCUT2D eigenvalue weighted by Gasteiger charge is 2.19. The summed E-state index contributed by atoms with van der Waals surface area (Å²) in [6.07, 6.45) is 3.24. The number of methoxy groups -OCH3 is 1. The number of nitrogens with one attached hydrogen (secondary N) is 3. The molecule has 3 N–H and O–H groups in total. The van der Waals surface area contributed by atoms with Crippen molar-refractivity contribution in [2.24, 2.45) is 0 Å². The molecule has 0 aliphatic heterocycles. The SMILES string of the molecule is COc1ccc(C(NC(=O)c2cc(=O)[nH]c(=O)[nH]2)c2ccncc2)cc1. The van der Waals surface area contributed by atoms with Gasteiger partial charge < -0.3 is 15.0 Å². The van der Waals surface area contributed by atoms with E-state index in [1.54, 1.807) is 43.8 Å². The smallest absolute Gasteiger partial charge is 0.326 e. The van der Waals surface area contributed by atoms with E-state index in [0.717, 1.165) is 17.2 Å². The van der Waals surface area contributed by atoms with Gasteiger partial charge in [0.1, 0.15) is 11.4 Å². The first-order valence-corrected chi connectivity index (χ1v) is 7.75. The molecule has 0 saturated heterocycles. The van der Waals surface area contributed by atoms with Crippen LogP contribution >= 0.6 is 0 Å². The lowest BCUT2D eigenvalue weighted by molar-refractivity contribution is 0.0937. The largest absolute Gasteiger partial charge is 0.497 e. The van der Waals surface area contributed by atoms with Gasteiger partial charge in [-0.15, -0.1) is 0 Å². The minimum absolute atomic E-state index is 0.119. The molecule has 132 valence electrons. The number of ether oxygens (including phenoxy) is 1. The highest BCUT2D eigenvalue weighted by molar-refractivity contribution is 5.92. The third kappa shape index (κ3) is 3.86. The Labute approximate surface area is 147 Å². The zero-order chi connectivity index (χ0) is 18.5. The molecule has 1 unspecified atom stereocenters. The molecule has 3 aromatic rings. The predicted octanol–water partition coefficient (Wildman–Crippen LogP) is 0.986. The number of hydrogen-bond donors (Lipinski definition) is 3. The first-order valence-electron chi connectivity index (χ1n) is 7.75. The Morgan fingerprint density at radius 3 is 2.31 bits per heavy atom. The van der Waals surface area contributed by atoms with Crippen molar-refractivity contribution in [3.63, 3.8) is 0 Å². The normalized spacial score (nSPS) is 11.6. The summed E-state index contributed by atoms with van der Waals surface area (Å²) in [5.74, 6) is 0.110. The zero-order valence-electron chi connectivity index (χ0n) is 13.9. The van der Waals surface area contributed by atoms with E-state index in [4.69, 9.17) is 4.74 Å². The number of aromatic amines is 2. The van der Waals surface area contributed by atoms with Gasteiger partial charge in [-0.2, -0.15) is 0 Å². The fraction of sp³-hybridized carbons (Fsp3) is 0.111. The fourth-order valence-electron chi connectivity index (χ4n) is 2.51. The summed E-state index contributed by atoms with van der Waals surface area (Å²) < 4.78 is 5.16. The molecule has 8 heteroatoms. The standard InChI is InChI=1S/C18H16N4O4/c1-26-13-4-2-11(3-5-13)16(12-6-8-19-9-7-12)22-17(24)14-10-15(23)21-18(25)20-14/h2-10,16H,1H3,(H,22,24)(H2,20,21,23,25). The number of carbonyl (C=O) groups is 1. The summed E-state index contributed by atoms with van der Waals surface area (Å²) >= 11 is 0. The van der Waals surface area contributed by atoms with Crippen LogP contribution in [-0.4, -0.2) is 28.0 Å². The molecule has 0 aliphatic carbocycles. The molecular formula is C18H16N4O4. The van der Waals surface area contributed by atoms with Crippen LogP contribution in [-0.2, 0) is 0 Å². The quantitative estimate of drug-likeness (QED) is 0.633. The fourth-order valence-corrected chi connectivity index (χ4v) is 2.51. The molecule has 2 heterocycles. The Balaban J connectivity index is 1.96. The van der Waals surface area contributed by atoms with E-state index >= 15 is 0 Å². The van der Waals surface area contributed by atoms with Crippen LogP contribution in [0.4, 0.5) is 0 Å². The van der Waals surface area contributed by atoms with Gasteiger partial charge in [-0.05, 0) is 35.4 Å². The number of amides is 1. The number of carbonyl (C=O) groups excluding carboxylic acids is 1. The Hall–Kier alpha value is -3.68. The minimum Gasteiger partial charge on any atom is -0.497 e. The van der Waals surface area contributed by atoms with Crippen molar-refractivity contribution >= 4 is 5.91 Å². The van der Waals surface area contributed by atoms with Crippen LogP contribution in [0.1, 0.15) is 27.7 Å². The highest BCUT2D eigenvalue weighted by atomic mass is 16.5. The van der Waals surface area contributed by atoms with Crippen LogP contribution in [0.25, 0.3) is 0 Å². The average Bonchev–Trinajstić information content (AvgIpc) is 2.66. The molecule has 0 bridgehead atoms. The van der Waals surface area contributed by atoms with Gasteiger partial charge in [0.25, 0.3) is 11.5 Å². The van der Waals surface area contributed by atoms with Gasteiger partial charge in [0.05, 0.1) is 13.2 Å². The summed E-state index contributed by atoms with van der Waals surface area (Å²) in [6, 6.07) is 11.3. The van der Waals surface area contributed by atoms with E-state index in [1.165, 1.54) is 0 Å². The monoisotopic (exact) mass is 352 g/mol. The molecule has 26 heavy (non-hydrogen) atoms. The molecule has 3 rings (SSSR count). The Bertz CT molecular complexity index is 981. The Morgan fingerprint density at radius 2 is 1.69 bits per heavy atom. The molecular weight excluding hydrogens is 336 g/mol. The molecule has 1 amide bonds. The first kappa shape index (κ1) is 17.2. The lowest BCUT2D eigenvalue weighted by Gasteiger charge is -2.20. The second-order valence-corrected chi connectivity index (χ2v) is 5.46. The molecule has 0 spiro atoms. The topological polar surface area (TPSA) is 117 Å². The van der Waals surface area contributed by atoms with E-state index in [-0.39, 0.29) is 5.69 Å². The van der Waals surface area contributed by atoms with Gasteiger partial charge in [0.15, 0.2) is 0 Å². The Morgan fingerprint density at radius 1 is 1.04 bits per heavy atom. The van der Waals surface area contributed by atoms with Crippen LogP contribution in [0.2, 0.25) is 0 Å². The van der Waals surface area contributed by atoms with E-state index < -0.39 is 23.2 Å². The lowest BCUT2D eigenvalue weighted by atomic mass is 9.99. The summed E-state index contributed by atoms with van der Waals surface area (Å²) in [6.45, 7) is 0. The summed E-state index contributed by atoms with van der Waals surface area (Å²) in [4.78, 5) is 43.7. The number of hydrogen-bond acceptors (Lipinski definition) is 5. The number of rotatable bonds is 5. The minimum atomic E-state index is -0.743. The van der Waals surface area contributed by atoms with Gasteiger partial charge in [0, 0.05) is 18.5 Å². The third-order valence-electron chi connectivity index (χ3n) is 3.77. The first-order chi connectivity index (χ1) is 12.6. The number of benzene rings is 1. The molecule has 0 fully saturated rings. The molecule has 1 atom stereocenters. The maximum atomic E-state index is 12.6. The van der Waals surface area contributed by atoms with E-state index in [0.29, 0.717) is 5.75 Å². The van der Waals surface area contributed by atoms with Crippen molar-refractivity contribution in [2.45, 2.75) is 6.04 Å². The van der Waals surface area contributed by atoms with Gasteiger partial charge in [0.2, 0.25) is 0 Å². The zero-order valence-corrected chi connectivity index (χ0v) is 13.9. The van der Waals surface area contributed by atoms with Crippen molar-refractivity contribution in [3.8, 4) is 5.75 Å². The number of pyridine rings is 1. The molecule has 0 aliphatic rings. The maximum Gasteiger partial charge on any atom is 0.326 e. The highest BCUT2D eigenvalue weighted by Crippen LogP contribution is 2.24. The molecule has 8 nitrogen and oxygen atoms in total. The van der Waals surface area contributed by atoms with E-state index in [2.05, 4.69) is 15.3 Å². The predicted molar refractivity (Wildman–Crippen MR) is 94.2 cm³/mol. The van der Waals surface area contributed by atoms with Crippen LogP contribution in [0.15, 0.2) is 64.4 Å². The molecule has 0 radical (unpaired) electrons. The van der Waals surface area contributed by atoms with Crippen molar-refractivity contribution in [1.82, 2.24) is 20.3 Å². The molecule has 1 aromatic carbocycles. The van der Waals surface area contributed by atoms with Crippen molar-refractivity contribution in [1.29, 1.82) is 0 Å². The van der Waals surface area contributed by atoms with Gasteiger partial charge in [-0.1, -0.05) is 12.1 Å². The van der Waals surface area contributed by atoms with Gasteiger partial charge in [-0.3, -0.25) is 19.6 Å². The van der Waals surface area contributed by atoms with Crippen molar-refractivity contribution in [3.05, 3.63) is 92.5 Å². The van der Waals surface area contributed by atoms with Gasteiger partial charge >= 0.3 is 5.69 Å². The van der Waals surface area contributed by atoms with Crippen molar-refractivity contribution in [2.75, 3.05) is 7.11 Å². The number of nitrogens with zero attached hydrogens (tertiary/aromatic N) is 1. The second kappa shape index (κ2) is 7.47. The van der Waals surface area contributed by atoms with Crippen LogP contribution < -0.4 is 21.3 Å². The molecule has 2 aromatic heterocycles. The Kier molecular flexibility index (Phi) is 4.93. The summed E-state index contributed by atoms with van der Waals surface area (Å²) in [5.41, 5.74) is 0.0888. The van der Waals surface area contributed by atoms with Crippen molar-refractivity contribution < 1.29 is 9.53 Å². The van der Waals surface area contributed by atoms with Gasteiger partial charge in [-0.25, -0.2) is 4.79 Å². The average molecular weight is 352 g/mol. The van der Waals surface area contributed by atoms with E-state index in [9.17, 15) is 14.4 Å². The molecule has 0 saturated carbocycles. The van der Waals surface area contributed by atoms with Crippen LogP contribution in [0.3, 0.4) is 0 Å². The number of H-pyrrole nitrogens is 2. The maximum absolute atomic E-state index is 12.6. The van der Waals surface area contributed by atoms with Crippen LogP contribution in [0, 0.1) is 0 Å². The second-order valence-electron chi connectivity index (χ2n) is 5.46. The lowest BCUT2D eigenvalue weighted by Crippen LogP contribution is -2.33. The third-order valence-corrected chi connectivity index (χ3v) is 3.77. The summed E-state index contributed by atoms with van der Waals surface area (Å²) in [5, 5.41) is 2.83. The van der Waals surface area contributed by atoms with Crippen LogP contribution in [0.5, 0.6) is 5.75 Å². The van der Waals surface area contributed by atoms with E-state index in [1.807, 2.05) is 17.1 Å². The number of aromatic nitrogens is 3.